The summed E-state index contributed by atoms with van der Waals surface area (Å²) in [5.74, 6) is -3.10. The van der Waals surface area contributed by atoms with Crippen molar-refractivity contribution < 1.29 is 31.9 Å². The topological polar surface area (TPSA) is 105 Å². The summed E-state index contributed by atoms with van der Waals surface area (Å²) in [5, 5.41) is 9.82. The van der Waals surface area contributed by atoms with E-state index in [2.05, 4.69) is 11.6 Å². The molecule has 0 aliphatic carbocycles. The minimum Gasteiger partial charge on any atom is -0.390 e. The molecule has 1 amide bonds. The number of rotatable bonds is 3. The first kappa shape index (κ1) is 29.3. The molecular formula is C26H23ClF5N5O3S. The van der Waals surface area contributed by atoms with Gasteiger partial charge >= 0.3 is 11.9 Å². The summed E-state index contributed by atoms with van der Waals surface area (Å²) < 4.78 is 74.2. The molecule has 3 N–H and O–H groups in total. The molecule has 15 heteroatoms. The van der Waals surface area contributed by atoms with Crippen molar-refractivity contribution in [2.75, 3.05) is 23.7 Å². The van der Waals surface area contributed by atoms with Gasteiger partial charge in [-0.2, -0.15) is 18.2 Å². The smallest absolute Gasteiger partial charge is 0.390 e. The molecule has 2 aliphatic heterocycles. The molecular weight excluding hydrogens is 593 g/mol. The lowest BCUT2D eigenvalue weighted by Crippen LogP contribution is -2.63. The van der Waals surface area contributed by atoms with E-state index in [1.807, 2.05) is 0 Å². The molecule has 218 valence electrons. The van der Waals surface area contributed by atoms with Gasteiger partial charge < -0.3 is 20.6 Å². The second kappa shape index (κ2) is 10.6. The molecule has 1 saturated heterocycles. The lowest BCUT2D eigenvalue weighted by atomic mass is 9.95. The number of aliphatic hydroxyl groups is 1. The number of carbonyl (C=O) groups excluding carboxylic acids is 1. The van der Waals surface area contributed by atoms with Crippen molar-refractivity contribution in [3.8, 4) is 11.1 Å². The summed E-state index contributed by atoms with van der Waals surface area (Å²) in [7, 11) is 0. The number of benzene rings is 2. The summed E-state index contributed by atoms with van der Waals surface area (Å²) in [6.45, 7) is 4.88. The van der Waals surface area contributed by atoms with Gasteiger partial charge in [0.1, 0.15) is 17.5 Å². The number of nitrogens with zero attached hydrogens (tertiary/aromatic N) is 4. The Hall–Kier alpha value is -3.20. The molecule has 3 aromatic rings. The highest BCUT2D eigenvalue weighted by atomic mass is 35.5. The zero-order chi connectivity index (χ0) is 30.0. The molecule has 0 bridgehead atoms. The van der Waals surface area contributed by atoms with E-state index in [4.69, 9.17) is 17.3 Å². The summed E-state index contributed by atoms with van der Waals surface area (Å²) in [6.07, 6.45) is -5.97. The van der Waals surface area contributed by atoms with E-state index in [0.717, 1.165) is 34.5 Å². The van der Waals surface area contributed by atoms with Crippen molar-refractivity contribution >= 4 is 46.0 Å². The number of piperazine rings is 1. The van der Waals surface area contributed by atoms with Gasteiger partial charge in [-0.05, 0) is 25.1 Å². The van der Waals surface area contributed by atoms with Crippen LogP contribution in [0.1, 0.15) is 12.5 Å². The number of thioether (sulfide) groups is 1. The van der Waals surface area contributed by atoms with E-state index in [1.165, 1.54) is 9.80 Å². The van der Waals surface area contributed by atoms with Gasteiger partial charge in [-0.1, -0.05) is 18.2 Å². The van der Waals surface area contributed by atoms with E-state index in [1.54, 1.807) is 6.92 Å². The van der Waals surface area contributed by atoms with Crippen molar-refractivity contribution in [1.29, 1.82) is 0 Å². The van der Waals surface area contributed by atoms with Crippen molar-refractivity contribution in [3.63, 3.8) is 0 Å². The Morgan fingerprint density at radius 1 is 1.22 bits per heavy atom. The Bertz CT molecular complexity index is 1640. The highest BCUT2D eigenvalue weighted by Crippen LogP contribution is 2.49. The van der Waals surface area contributed by atoms with Gasteiger partial charge in [0.2, 0.25) is 5.91 Å². The molecule has 3 heterocycles. The van der Waals surface area contributed by atoms with Crippen LogP contribution >= 0.6 is 23.4 Å². The number of anilines is 1. The van der Waals surface area contributed by atoms with Crippen LogP contribution in [-0.4, -0.2) is 62.6 Å². The number of alkyl halides is 3. The lowest BCUT2D eigenvalue weighted by Gasteiger charge is -2.44. The van der Waals surface area contributed by atoms with Gasteiger partial charge in [0, 0.05) is 45.8 Å². The number of hydrogen-bond donors (Lipinski definition) is 2. The maximum absolute atomic E-state index is 15.1. The van der Waals surface area contributed by atoms with E-state index in [-0.39, 0.29) is 47.0 Å². The predicted molar refractivity (Wildman–Crippen MR) is 145 cm³/mol. The molecule has 0 saturated carbocycles. The number of nitrogens with two attached hydrogens (primary N) is 1. The molecule has 1 aromatic heterocycles. The van der Waals surface area contributed by atoms with Gasteiger partial charge in [-0.15, -0.1) is 11.8 Å². The van der Waals surface area contributed by atoms with E-state index in [9.17, 15) is 32.3 Å². The summed E-state index contributed by atoms with van der Waals surface area (Å²) in [5.41, 5.74) is 2.86. The van der Waals surface area contributed by atoms with Crippen LogP contribution in [0, 0.1) is 11.6 Å². The number of halogens is 6. The van der Waals surface area contributed by atoms with Crippen LogP contribution in [0.4, 0.5) is 27.8 Å². The summed E-state index contributed by atoms with van der Waals surface area (Å²) in [4.78, 5) is 32.5. The maximum Gasteiger partial charge on any atom is 0.417 e. The number of amides is 1. The third-order valence-electron chi connectivity index (χ3n) is 7.05. The lowest BCUT2D eigenvalue weighted by molar-refractivity contribution is -0.137. The molecule has 41 heavy (non-hydrogen) atoms. The van der Waals surface area contributed by atoms with Gasteiger partial charge in [-0.25, -0.2) is 13.6 Å². The third kappa shape index (κ3) is 5.07. The summed E-state index contributed by atoms with van der Waals surface area (Å²) >= 11 is 6.66. The Balaban J connectivity index is 1.85. The number of hydrogen-bond acceptors (Lipinski definition) is 7. The van der Waals surface area contributed by atoms with E-state index < -0.39 is 69.4 Å². The van der Waals surface area contributed by atoms with Crippen molar-refractivity contribution in [2.45, 2.75) is 42.9 Å². The molecule has 0 radical (unpaired) electrons. The van der Waals surface area contributed by atoms with Crippen molar-refractivity contribution in [1.82, 2.24) is 14.5 Å². The molecule has 2 aromatic carbocycles. The van der Waals surface area contributed by atoms with Crippen LogP contribution in [0.15, 0.2) is 40.5 Å². The normalized spacial score (nSPS) is 21.2. The molecule has 1 fully saturated rings. The molecule has 0 spiro atoms. The highest BCUT2D eigenvalue weighted by Gasteiger charge is 2.40. The average molecular weight is 616 g/mol. The zero-order valence-electron chi connectivity index (χ0n) is 21.4. The molecule has 3 atom stereocenters. The Labute approximate surface area is 239 Å². The first-order valence-corrected chi connectivity index (χ1v) is 13.7. The first-order valence-electron chi connectivity index (χ1n) is 12.3. The highest BCUT2D eigenvalue weighted by molar-refractivity contribution is 7.99. The Morgan fingerprint density at radius 2 is 1.93 bits per heavy atom. The van der Waals surface area contributed by atoms with Crippen LogP contribution < -0.4 is 16.3 Å². The largest absolute Gasteiger partial charge is 0.417 e. The number of carbonyl (C=O) groups is 1. The third-order valence-corrected chi connectivity index (χ3v) is 8.58. The monoisotopic (exact) mass is 615 g/mol. The fourth-order valence-corrected chi connectivity index (χ4v) is 6.72. The molecule has 2 aliphatic rings. The van der Waals surface area contributed by atoms with E-state index >= 15 is 4.39 Å². The van der Waals surface area contributed by atoms with Crippen LogP contribution in [0.25, 0.3) is 22.0 Å². The van der Waals surface area contributed by atoms with Crippen molar-refractivity contribution in [2.24, 2.45) is 5.73 Å². The number of aromatic nitrogens is 2. The second-order valence-corrected chi connectivity index (χ2v) is 11.3. The molecule has 8 nitrogen and oxygen atoms in total. The van der Waals surface area contributed by atoms with Crippen LogP contribution in [-0.2, 0) is 17.5 Å². The van der Waals surface area contributed by atoms with Crippen molar-refractivity contribution in [3.05, 3.63) is 63.6 Å². The fourth-order valence-electron chi connectivity index (χ4n) is 5.37. The van der Waals surface area contributed by atoms with Gasteiger partial charge in [-0.3, -0.25) is 9.36 Å². The second-order valence-electron chi connectivity index (χ2n) is 9.83. The molecule has 5 rings (SSSR count). The quantitative estimate of drug-likeness (QED) is 0.261. The van der Waals surface area contributed by atoms with Crippen LogP contribution in [0.5, 0.6) is 0 Å². The first-order chi connectivity index (χ1) is 19.2. The van der Waals surface area contributed by atoms with E-state index in [0.29, 0.717) is 6.07 Å². The van der Waals surface area contributed by atoms with Gasteiger partial charge in [0.05, 0.1) is 41.5 Å². The Kier molecular flexibility index (Phi) is 7.55. The fraction of sp³-hybridized carbons (Fsp3) is 0.346. The van der Waals surface area contributed by atoms with Gasteiger partial charge in [0.25, 0.3) is 0 Å². The minimum atomic E-state index is -5.03. The van der Waals surface area contributed by atoms with Crippen LogP contribution in [0.3, 0.4) is 0 Å². The maximum atomic E-state index is 15.1. The predicted octanol–water partition coefficient (Wildman–Crippen LogP) is 3.99. The van der Waals surface area contributed by atoms with Gasteiger partial charge in [0.15, 0.2) is 0 Å². The SMILES string of the molecule is C=CC(=O)N1[C@H](C)CN(c2nc(=O)n3c4c(c(-c5cc(Cl)c(F)cc5F)c(C(F)(F)F)cc24)SCC(O)C3)C[C@@H]1N. The molecule has 1 unspecified atom stereocenters. The average Bonchev–Trinajstić information content (AvgIpc) is 3.06. The van der Waals surface area contributed by atoms with Crippen LogP contribution in [0.2, 0.25) is 5.02 Å². The minimum absolute atomic E-state index is 0.00443. The zero-order valence-corrected chi connectivity index (χ0v) is 23.0. The Morgan fingerprint density at radius 3 is 2.56 bits per heavy atom. The summed E-state index contributed by atoms with van der Waals surface area (Å²) in [6, 6.07) is 1.40. The number of aliphatic hydroxyl groups excluding tert-OH is 1. The standard InChI is InChI=1S/C26H23ClF5N5O3S/c1-3-20(39)37-11(2)7-35(9-19(37)33)24-14-4-15(26(30,31)32)21(13-5-16(27)18(29)6-17(13)28)23-22(14)36(25(40)34-24)8-12(38)10-41-23/h3-6,11-12,19,38H,1,7-10,33H2,2H3/t11-,12?,19-/m1/s1.